The van der Waals surface area contributed by atoms with Gasteiger partial charge >= 0.3 is 0 Å². The van der Waals surface area contributed by atoms with E-state index in [1.807, 2.05) is 26.0 Å². The maximum absolute atomic E-state index is 13.3. The molecule has 2 aromatic rings. The molecule has 1 aromatic heterocycles. The number of nitrogens with zero attached hydrogens (tertiary/aromatic N) is 3. The van der Waals surface area contributed by atoms with Crippen molar-refractivity contribution in [2.75, 3.05) is 13.6 Å². The molecular formula is C27H40N4O4. The molecule has 0 bridgehead atoms. The lowest BCUT2D eigenvalue weighted by atomic mass is 10.0. The van der Waals surface area contributed by atoms with E-state index >= 15 is 0 Å². The van der Waals surface area contributed by atoms with Crippen molar-refractivity contribution in [3.05, 3.63) is 23.9 Å². The van der Waals surface area contributed by atoms with E-state index in [4.69, 9.17) is 4.74 Å². The SMILES string of the molecule is CC(=O)c1nn(CC(=O)N(C)C2CCCCCCCCCCNC2=O)c2ccc(OC(C)C)cc12. The second kappa shape index (κ2) is 12.7. The van der Waals surface area contributed by atoms with E-state index in [9.17, 15) is 14.4 Å². The first-order valence-corrected chi connectivity index (χ1v) is 13.0. The molecule has 192 valence electrons. The first-order chi connectivity index (χ1) is 16.8. The number of amides is 2. The van der Waals surface area contributed by atoms with Crippen molar-refractivity contribution in [3.63, 3.8) is 0 Å². The normalized spacial score (nSPS) is 18.3. The zero-order valence-corrected chi connectivity index (χ0v) is 21.6. The second-order valence-corrected chi connectivity index (χ2v) is 9.84. The first-order valence-electron chi connectivity index (χ1n) is 13.0. The third-order valence-corrected chi connectivity index (χ3v) is 6.58. The van der Waals surface area contributed by atoms with Crippen molar-refractivity contribution in [2.24, 2.45) is 0 Å². The Bertz CT molecular complexity index is 1030. The van der Waals surface area contributed by atoms with Crippen molar-refractivity contribution in [3.8, 4) is 5.75 Å². The van der Waals surface area contributed by atoms with Gasteiger partial charge in [0.15, 0.2) is 5.78 Å². The Morgan fingerprint density at radius 2 is 1.77 bits per heavy atom. The molecule has 1 N–H and O–H groups in total. The van der Waals surface area contributed by atoms with Crippen molar-refractivity contribution >= 4 is 28.5 Å². The van der Waals surface area contributed by atoms with Gasteiger partial charge in [-0.15, -0.1) is 0 Å². The fourth-order valence-corrected chi connectivity index (χ4v) is 4.65. The van der Waals surface area contributed by atoms with Gasteiger partial charge in [-0.1, -0.05) is 44.9 Å². The number of ketones is 1. The Labute approximate surface area is 208 Å². The van der Waals surface area contributed by atoms with Crippen LogP contribution in [-0.4, -0.2) is 58.0 Å². The fraction of sp³-hybridized carbons (Fsp3) is 0.630. The van der Waals surface area contributed by atoms with E-state index in [0.29, 0.717) is 35.3 Å². The molecule has 1 aliphatic heterocycles. The summed E-state index contributed by atoms with van der Waals surface area (Å²) in [6.45, 7) is 5.94. The Balaban J connectivity index is 1.79. The summed E-state index contributed by atoms with van der Waals surface area (Å²) in [7, 11) is 1.69. The highest BCUT2D eigenvalue weighted by Gasteiger charge is 2.27. The molecule has 8 heteroatoms. The van der Waals surface area contributed by atoms with Crippen LogP contribution in [0.1, 0.15) is 89.0 Å². The number of likely N-dealkylation sites (N-methyl/N-ethyl adjacent to an activating group) is 1. The summed E-state index contributed by atoms with van der Waals surface area (Å²) in [5.74, 6) is 0.173. The van der Waals surface area contributed by atoms with Crippen LogP contribution >= 0.6 is 0 Å². The minimum Gasteiger partial charge on any atom is -0.491 e. The molecule has 2 amide bonds. The Morgan fingerprint density at radius 3 is 2.43 bits per heavy atom. The summed E-state index contributed by atoms with van der Waals surface area (Å²) in [6.07, 6.45) is 9.57. The predicted molar refractivity (Wildman–Crippen MR) is 137 cm³/mol. The number of carbonyl (C=O) groups excluding carboxylic acids is 3. The van der Waals surface area contributed by atoms with E-state index in [-0.39, 0.29) is 30.2 Å². The average molecular weight is 485 g/mol. The molecule has 2 heterocycles. The third kappa shape index (κ3) is 7.29. The number of Topliss-reactive ketones (excluding diaryl/α,β-unsaturated/α-hetero) is 1. The van der Waals surface area contributed by atoms with Gasteiger partial charge in [-0.2, -0.15) is 5.10 Å². The Kier molecular flexibility index (Phi) is 9.69. The van der Waals surface area contributed by atoms with Crippen LogP contribution in [0, 0.1) is 0 Å². The molecule has 1 saturated heterocycles. The van der Waals surface area contributed by atoms with Gasteiger partial charge in [0.25, 0.3) is 0 Å². The molecule has 0 saturated carbocycles. The predicted octanol–water partition coefficient (Wildman–Crippen LogP) is 4.49. The largest absolute Gasteiger partial charge is 0.491 e. The lowest BCUT2D eigenvalue weighted by Crippen LogP contribution is -2.48. The van der Waals surface area contributed by atoms with E-state index in [2.05, 4.69) is 10.4 Å². The average Bonchev–Trinajstić information content (AvgIpc) is 3.17. The van der Waals surface area contributed by atoms with Gasteiger partial charge in [0.1, 0.15) is 24.0 Å². The monoisotopic (exact) mass is 484 g/mol. The number of fused-ring (bicyclic) bond motifs is 1. The molecule has 0 spiro atoms. The molecule has 1 fully saturated rings. The van der Waals surface area contributed by atoms with Crippen LogP contribution in [0.3, 0.4) is 0 Å². The molecule has 8 nitrogen and oxygen atoms in total. The zero-order chi connectivity index (χ0) is 25.4. The topological polar surface area (TPSA) is 93.5 Å². The maximum atomic E-state index is 13.3. The van der Waals surface area contributed by atoms with Crippen molar-refractivity contribution in [1.82, 2.24) is 20.0 Å². The minimum atomic E-state index is -0.511. The minimum absolute atomic E-state index is 0.0000280. The lowest BCUT2D eigenvalue weighted by Gasteiger charge is -2.27. The van der Waals surface area contributed by atoms with Crippen LogP contribution in [0.5, 0.6) is 5.75 Å². The van der Waals surface area contributed by atoms with Crippen LogP contribution in [0.25, 0.3) is 10.9 Å². The van der Waals surface area contributed by atoms with Gasteiger partial charge in [0.05, 0.1) is 11.6 Å². The summed E-state index contributed by atoms with van der Waals surface area (Å²) >= 11 is 0. The first kappa shape index (κ1) is 26.7. The van der Waals surface area contributed by atoms with Gasteiger partial charge in [-0.05, 0) is 44.9 Å². The number of hydrogen-bond donors (Lipinski definition) is 1. The highest BCUT2D eigenvalue weighted by molar-refractivity contribution is 6.05. The second-order valence-electron chi connectivity index (χ2n) is 9.84. The van der Waals surface area contributed by atoms with Crippen molar-refractivity contribution in [2.45, 2.75) is 97.2 Å². The molecule has 3 rings (SSSR count). The molecule has 1 aliphatic rings. The molecule has 1 atom stereocenters. The highest BCUT2D eigenvalue weighted by atomic mass is 16.5. The number of ether oxygens (including phenoxy) is 1. The van der Waals surface area contributed by atoms with Crippen molar-refractivity contribution < 1.29 is 19.1 Å². The zero-order valence-electron chi connectivity index (χ0n) is 21.6. The summed E-state index contributed by atoms with van der Waals surface area (Å²) < 4.78 is 7.33. The van der Waals surface area contributed by atoms with E-state index in [1.165, 1.54) is 32.6 Å². The molecule has 1 unspecified atom stereocenters. The Hall–Kier alpha value is -2.90. The van der Waals surface area contributed by atoms with E-state index < -0.39 is 6.04 Å². The number of hydrogen-bond acceptors (Lipinski definition) is 5. The number of aromatic nitrogens is 2. The third-order valence-electron chi connectivity index (χ3n) is 6.58. The standard InChI is InChI=1S/C27H40N4O4/c1-19(2)35-21-14-15-23-22(17-21)26(20(3)32)29-31(23)18-25(33)30(4)24-13-11-9-7-5-6-8-10-12-16-28-27(24)34/h14-15,17,19,24H,5-13,16,18H2,1-4H3,(H,28,34). The van der Waals surface area contributed by atoms with Crippen LogP contribution in [0.15, 0.2) is 18.2 Å². The maximum Gasteiger partial charge on any atom is 0.244 e. The number of carbonyl (C=O) groups is 3. The van der Waals surface area contributed by atoms with Gasteiger partial charge in [-0.25, -0.2) is 0 Å². The van der Waals surface area contributed by atoms with Gasteiger partial charge in [-0.3, -0.25) is 19.1 Å². The molecule has 0 aliphatic carbocycles. The van der Waals surface area contributed by atoms with Gasteiger partial charge in [0.2, 0.25) is 11.8 Å². The summed E-state index contributed by atoms with van der Waals surface area (Å²) in [6, 6.07) is 4.93. The van der Waals surface area contributed by atoms with Crippen molar-refractivity contribution in [1.29, 1.82) is 0 Å². The van der Waals surface area contributed by atoms with Gasteiger partial charge in [0, 0.05) is 25.9 Å². The molecule has 0 radical (unpaired) electrons. The highest BCUT2D eigenvalue weighted by Crippen LogP contribution is 2.26. The molecule has 35 heavy (non-hydrogen) atoms. The molecular weight excluding hydrogens is 444 g/mol. The lowest BCUT2D eigenvalue weighted by molar-refractivity contribution is -0.139. The van der Waals surface area contributed by atoms with Crippen LogP contribution < -0.4 is 10.1 Å². The van der Waals surface area contributed by atoms with Gasteiger partial charge < -0.3 is 15.0 Å². The van der Waals surface area contributed by atoms with Crippen LogP contribution in [0.4, 0.5) is 0 Å². The fourth-order valence-electron chi connectivity index (χ4n) is 4.65. The summed E-state index contributed by atoms with van der Waals surface area (Å²) in [5, 5.41) is 8.14. The van der Waals surface area contributed by atoms with Crippen LogP contribution in [-0.2, 0) is 16.1 Å². The number of benzene rings is 1. The summed E-state index contributed by atoms with van der Waals surface area (Å²) in [5.41, 5.74) is 0.997. The molecule has 1 aromatic carbocycles. The van der Waals surface area contributed by atoms with Crippen LogP contribution in [0.2, 0.25) is 0 Å². The quantitative estimate of drug-likeness (QED) is 0.610. The number of nitrogens with one attached hydrogen (secondary N) is 1. The summed E-state index contributed by atoms with van der Waals surface area (Å²) in [4.78, 5) is 40.1. The number of rotatable bonds is 6. The smallest absolute Gasteiger partial charge is 0.244 e. The van der Waals surface area contributed by atoms with E-state index in [1.54, 1.807) is 22.7 Å². The Morgan fingerprint density at radius 1 is 1.11 bits per heavy atom. The van der Waals surface area contributed by atoms with E-state index in [0.717, 1.165) is 25.7 Å².